The van der Waals surface area contributed by atoms with Gasteiger partial charge in [-0.1, -0.05) is 42.5 Å². The van der Waals surface area contributed by atoms with Crippen LogP contribution in [0.3, 0.4) is 0 Å². The van der Waals surface area contributed by atoms with Crippen molar-refractivity contribution in [2.24, 2.45) is 0 Å². The van der Waals surface area contributed by atoms with Gasteiger partial charge in [0.1, 0.15) is 5.75 Å². The van der Waals surface area contributed by atoms with Crippen LogP contribution in [0.15, 0.2) is 54.6 Å². The van der Waals surface area contributed by atoms with Crippen LogP contribution in [0.4, 0.5) is 0 Å². The number of benzene rings is 2. The first kappa shape index (κ1) is 16.7. The molecule has 2 aromatic carbocycles. The second kappa shape index (κ2) is 8.77. The molecule has 0 amide bonds. The summed E-state index contributed by atoms with van der Waals surface area (Å²) in [7, 11) is 4.19. The van der Waals surface area contributed by atoms with Crippen LogP contribution < -0.4 is 4.74 Å². The van der Waals surface area contributed by atoms with Gasteiger partial charge in [0.25, 0.3) is 0 Å². The van der Waals surface area contributed by atoms with Crippen molar-refractivity contribution in [3.63, 3.8) is 0 Å². The van der Waals surface area contributed by atoms with Crippen LogP contribution in [-0.2, 0) is 13.0 Å². The van der Waals surface area contributed by atoms with E-state index in [1.807, 2.05) is 30.3 Å². The SMILES string of the molecule is Br.CN(C)Cc1ccccc1CCOc1ccccc1. The molecule has 0 aliphatic rings. The lowest BCUT2D eigenvalue weighted by atomic mass is 10.0. The topological polar surface area (TPSA) is 12.5 Å². The smallest absolute Gasteiger partial charge is 0.119 e. The van der Waals surface area contributed by atoms with Gasteiger partial charge in [0.2, 0.25) is 0 Å². The van der Waals surface area contributed by atoms with E-state index in [2.05, 4.69) is 43.3 Å². The van der Waals surface area contributed by atoms with Crippen molar-refractivity contribution < 1.29 is 4.74 Å². The zero-order valence-corrected chi connectivity index (χ0v) is 13.8. The molecule has 0 saturated carbocycles. The summed E-state index contributed by atoms with van der Waals surface area (Å²) < 4.78 is 5.76. The number of hydrogen-bond acceptors (Lipinski definition) is 2. The minimum Gasteiger partial charge on any atom is -0.493 e. The summed E-state index contributed by atoms with van der Waals surface area (Å²) in [5, 5.41) is 0. The molecule has 2 rings (SSSR count). The molecule has 0 radical (unpaired) electrons. The quantitative estimate of drug-likeness (QED) is 0.792. The lowest BCUT2D eigenvalue weighted by molar-refractivity contribution is 0.320. The highest BCUT2D eigenvalue weighted by Crippen LogP contribution is 2.13. The molecule has 0 atom stereocenters. The Labute approximate surface area is 132 Å². The lowest BCUT2D eigenvalue weighted by Crippen LogP contribution is -2.13. The number of nitrogens with zero attached hydrogens (tertiary/aromatic N) is 1. The molecule has 0 bridgehead atoms. The first-order valence-corrected chi connectivity index (χ1v) is 6.65. The summed E-state index contributed by atoms with van der Waals surface area (Å²) in [4.78, 5) is 2.19. The summed E-state index contributed by atoms with van der Waals surface area (Å²) in [6.07, 6.45) is 0.943. The number of halogens is 1. The van der Waals surface area contributed by atoms with Crippen molar-refractivity contribution in [1.82, 2.24) is 4.90 Å². The second-order valence-electron chi connectivity index (χ2n) is 4.92. The fourth-order valence-electron chi connectivity index (χ4n) is 2.09. The summed E-state index contributed by atoms with van der Waals surface area (Å²) in [6, 6.07) is 18.5. The fraction of sp³-hybridized carbons (Fsp3) is 0.294. The highest BCUT2D eigenvalue weighted by atomic mass is 79.9. The third-order valence-corrected chi connectivity index (χ3v) is 2.99. The number of rotatable bonds is 6. The van der Waals surface area contributed by atoms with E-state index in [1.54, 1.807) is 0 Å². The van der Waals surface area contributed by atoms with E-state index in [0.717, 1.165) is 18.7 Å². The van der Waals surface area contributed by atoms with Crippen molar-refractivity contribution in [2.45, 2.75) is 13.0 Å². The molecule has 108 valence electrons. The average molecular weight is 336 g/mol. The van der Waals surface area contributed by atoms with Crippen LogP contribution in [0.25, 0.3) is 0 Å². The first-order valence-electron chi connectivity index (χ1n) is 6.65. The normalized spacial score (nSPS) is 10.2. The van der Waals surface area contributed by atoms with Crippen molar-refractivity contribution >= 4 is 17.0 Å². The van der Waals surface area contributed by atoms with Gasteiger partial charge in [-0.05, 0) is 37.4 Å². The van der Waals surface area contributed by atoms with Crippen molar-refractivity contribution in [3.8, 4) is 5.75 Å². The molecule has 20 heavy (non-hydrogen) atoms. The van der Waals surface area contributed by atoms with E-state index in [4.69, 9.17) is 4.74 Å². The lowest BCUT2D eigenvalue weighted by Gasteiger charge is -2.14. The molecule has 0 N–H and O–H groups in total. The third-order valence-electron chi connectivity index (χ3n) is 2.99. The molecule has 0 unspecified atom stereocenters. The molecule has 2 aromatic rings. The van der Waals surface area contributed by atoms with Gasteiger partial charge in [0, 0.05) is 13.0 Å². The number of hydrogen-bond donors (Lipinski definition) is 0. The molecule has 0 aromatic heterocycles. The Kier molecular flexibility index (Phi) is 7.34. The molecule has 0 aliphatic carbocycles. The first-order chi connectivity index (χ1) is 9.25. The summed E-state index contributed by atoms with van der Waals surface area (Å²) >= 11 is 0. The van der Waals surface area contributed by atoms with E-state index < -0.39 is 0 Å². The summed E-state index contributed by atoms with van der Waals surface area (Å²) in [5.41, 5.74) is 2.75. The Morgan fingerprint density at radius 1 is 0.850 bits per heavy atom. The number of para-hydroxylation sites is 1. The van der Waals surface area contributed by atoms with Gasteiger partial charge in [-0.3, -0.25) is 0 Å². The minimum absolute atomic E-state index is 0. The second-order valence-corrected chi connectivity index (χ2v) is 4.92. The van der Waals surface area contributed by atoms with Crippen molar-refractivity contribution in [3.05, 3.63) is 65.7 Å². The Balaban J connectivity index is 0.00000200. The van der Waals surface area contributed by atoms with Crippen LogP contribution in [-0.4, -0.2) is 25.6 Å². The van der Waals surface area contributed by atoms with E-state index in [9.17, 15) is 0 Å². The van der Waals surface area contributed by atoms with Gasteiger partial charge in [0.15, 0.2) is 0 Å². The van der Waals surface area contributed by atoms with Gasteiger partial charge >= 0.3 is 0 Å². The van der Waals surface area contributed by atoms with E-state index in [1.165, 1.54) is 11.1 Å². The Morgan fingerprint density at radius 2 is 1.45 bits per heavy atom. The monoisotopic (exact) mass is 335 g/mol. The predicted molar refractivity (Wildman–Crippen MR) is 89.8 cm³/mol. The van der Waals surface area contributed by atoms with Crippen molar-refractivity contribution in [1.29, 1.82) is 0 Å². The van der Waals surface area contributed by atoms with Crippen LogP contribution >= 0.6 is 17.0 Å². The summed E-state index contributed by atoms with van der Waals surface area (Å²) in [6.45, 7) is 1.69. The maximum atomic E-state index is 5.76. The maximum Gasteiger partial charge on any atom is 0.119 e. The molecule has 2 nitrogen and oxygen atoms in total. The minimum atomic E-state index is 0. The molecule has 0 heterocycles. The molecular formula is C17H22BrNO. The predicted octanol–water partition coefficient (Wildman–Crippen LogP) is 3.95. The summed E-state index contributed by atoms with van der Waals surface area (Å²) in [5.74, 6) is 0.938. The van der Waals surface area contributed by atoms with Crippen LogP contribution in [0.2, 0.25) is 0 Å². The molecular weight excluding hydrogens is 314 g/mol. The van der Waals surface area contributed by atoms with Gasteiger partial charge in [-0.15, -0.1) is 17.0 Å². The molecule has 0 fully saturated rings. The molecule has 3 heteroatoms. The molecule has 0 saturated heterocycles. The Bertz CT molecular complexity index is 499. The molecule has 0 aliphatic heterocycles. The van der Waals surface area contributed by atoms with Crippen molar-refractivity contribution in [2.75, 3.05) is 20.7 Å². The number of ether oxygens (including phenoxy) is 1. The molecule has 0 spiro atoms. The Hall–Kier alpha value is -1.32. The van der Waals surface area contributed by atoms with Gasteiger partial charge in [-0.2, -0.15) is 0 Å². The standard InChI is InChI=1S/C17H21NO.BrH/c1-18(2)14-16-9-7-6-8-15(16)12-13-19-17-10-4-3-5-11-17;/h3-11H,12-14H2,1-2H3;1H. The largest absolute Gasteiger partial charge is 0.493 e. The van der Waals surface area contributed by atoms with Gasteiger partial charge < -0.3 is 9.64 Å². The van der Waals surface area contributed by atoms with E-state index >= 15 is 0 Å². The zero-order chi connectivity index (χ0) is 13.5. The Morgan fingerprint density at radius 3 is 2.10 bits per heavy atom. The van der Waals surface area contributed by atoms with E-state index in [-0.39, 0.29) is 17.0 Å². The fourth-order valence-corrected chi connectivity index (χ4v) is 2.09. The third kappa shape index (κ3) is 5.35. The van der Waals surface area contributed by atoms with Gasteiger partial charge in [0.05, 0.1) is 6.61 Å². The van der Waals surface area contributed by atoms with Crippen LogP contribution in [0.1, 0.15) is 11.1 Å². The highest BCUT2D eigenvalue weighted by Gasteiger charge is 2.03. The maximum absolute atomic E-state index is 5.76. The van der Waals surface area contributed by atoms with Crippen LogP contribution in [0.5, 0.6) is 5.75 Å². The van der Waals surface area contributed by atoms with Gasteiger partial charge in [-0.25, -0.2) is 0 Å². The van der Waals surface area contributed by atoms with E-state index in [0.29, 0.717) is 6.61 Å². The average Bonchev–Trinajstić information content (AvgIpc) is 2.41. The zero-order valence-electron chi connectivity index (χ0n) is 12.1. The highest BCUT2D eigenvalue weighted by molar-refractivity contribution is 8.93. The van der Waals surface area contributed by atoms with Crippen LogP contribution in [0, 0.1) is 0 Å².